The van der Waals surface area contributed by atoms with Crippen molar-refractivity contribution in [3.05, 3.63) is 65.5 Å². The Morgan fingerprint density at radius 1 is 1.25 bits per heavy atom. The molecule has 1 aliphatic rings. The molecule has 1 heterocycles. The van der Waals surface area contributed by atoms with E-state index >= 15 is 0 Å². The Balaban J connectivity index is 1.81. The van der Waals surface area contributed by atoms with Crippen molar-refractivity contribution in [1.82, 2.24) is 10.4 Å². The van der Waals surface area contributed by atoms with Crippen LogP contribution in [-0.4, -0.2) is 4.98 Å². The quantitative estimate of drug-likeness (QED) is 0.661. The second-order valence-electron chi connectivity index (χ2n) is 5.53. The molecule has 2 unspecified atom stereocenters. The summed E-state index contributed by atoms with van der Waals surface area (Å²) in [7, 11) is 0. The number of aromatic nitrogens is 1. The monoisotopic (exact) mass is 267 g/mol. The number of nitrogens with one attached hydrogen (secondary N) is 1. The van der Waals surface area contributed by atoms with Crippen molar-refractivity contribution in [3.8, 4) is 0 Å². The fraction of sp³-hybridized carbons (Fsp3) is 0.353. The van der Waals surface area contributed by atoms with Crippen LogP contribution >= 0.6 is 0 Å². The zero-order valence-electron chi connectivity index (χ0n) is 11.6. The third-order valence-corrected chi connectivity index (χ3v) is 4.30. The lowest BCUT2D eigenvalue weighted by molar-refractivity contribution is 0.425. The molecule has 1 aromatic heterocycles. The van der Waals surface area contributed by atoms with E-state index in [-0.39, 0.29) is 6.04 Å². The first-order valence-electron chi connectivity index (χ1n) is 7.32. The Hall–Kier alpha value is -1.71. The fourth-order valence-corrected chi connectivity index (χ4v) is 3.27. The van der Waals surface area contributed by atoms with Crippen LogP contribution in [0, 0.1) is 0 Å². The molecule has 0 radical (unpaired) electrons. The normalized spacial score (nSPS) is 19.4. The fourth-order valence-electron chi connectivity index (χ4n) is 3.27. The average Bonchev–Trinajstić information content (AvgIpc) is 2.53. The van der Waals surface area contributed by atoms with Gasteiger partial charge in [-0.05, 0) is 54.4 Å². The second-order valence-corrected chi connectivity index (χ2v) is 5.53. The molecule has 2 aromatic rings. The van der Waals surface area contributed by atoms with Gasteiger partial charge in [0.2, 0.25) is 0 Å². The van der Waals surface area contributed by atoms with Crippen LogP contribution in [0.25, 0.3) is 0 Å². The van der Waals surface area contributed by atoms with Gasteiger partial charge < -0.3 is 0 Å². The lowest BCUT2D eigenvalue weighted by atomic mass is 9.79. The third-order valence-electron chi connectivity index (χ3n) is 4.30. The van der Waals surface area contributed by atoms with Crippen molar-refractivity contribution < 1.29 is 0 Å². The molecule has 1 aromatic carbocycles. The Labute approximate surface area is 120 Å². The molecule has 0 fully saturated rings. The van der Waals surface area contributed by atoms with Gasteiger partial charge in [-0.2, -0.15) is 0 Å². The van der Waals surface area contributed by atoms with E-state index in [1.165, 1.54) is 30.4 Å². The molecule has 3 heteroatoms. The van der Waals surface area contributed by atoms with Gasteiger partial charge in [0, 0.05) is 18.4 Å². The van der Waals surface area contributed by atoms with Crippen LogP contribution in [0.4, 0.5) is 0 Å². The van der Waals surface area contributed by atoms with Gasteiger partial charge in [-0.15, -0.1) is 0 Å². The molecule has 0 amide bonds. The molecule has 0 spiro atoms. The molecule has 104 valence electrons. The molecule has 0 bridgehead atoms. The highest BCUT2D eigenvalue weighted by atomic mass is 15.2. The van der Waals surface area contributed by atoms with Gasteiger partial charge in [0.1, 0.15) is 0 Å². The van der Waals surface area contributed by atoms with Crippen molar-refractivity contribution in [3.63, 3.8) is 0 Å². The maximum absolute atomic E-state index is 5.76. The number of nitrogens with zero attached hydrogens (tertiary/aromatic N) is 1. The van der Waals surface area contributed by atoms with E-state index in [1.54, 1.807) is 6.20 Å². The van der Waals surface area contributed by atoms with Crippen LogP contribution in [0.5, 0.6) is 0 Å². The number of hydrogen-bond acceptors (Lipinski definition) is 3. The van der Waals surface area contributed by atoms with Gasteiger partial charge in [0.05, 0.1) is 0 Å². The van der Waals surface area contributed by atoms with Crippen LogP contribution in [0.2, 0.25) is 0 Å². The first-order valence-corrected chi connectivity index (χ1v) is 7.32. The number of pyridine rings is 1. The largest absolute Gasteiger partial charge is 0.271 e. The molecular formula is C17H21N3. The number of benzene rings is 1. The predicted octanol–water partition coefficient (Wildman–Crippen LogP) is 3.10. The summed E-state index contributed by atoms with van der Waals surface area (Å²) in [6.45, 7) is 0. The molecule has 0 saturated carbocycles. The van der Waals surface area contributed by atoms with E-state index in [4.69, 9.17) is 5.84 Å². The zero-order valence-corrected chi connectivity index (χ0v) is 11.6. The number of hydrazine groups is 1. The lowest BCUT2D eigenvalue weighted by Crippen LogP contribution is -2.30. The van der Waals surface area contributed by atoms with Crippen molar-refractivity contribution in [2.75, 3.05) is 0 Å². The standard InChI is InChI=1S/C17H21N3/c18-20-17(15-8-4-10-19-12-15)11-14-7-3-6-13-5-1-2-9-16(13)14/h1-2,4-5,8-10,12,14,17,20H,3,6-7,11,18H2. The first-order chi connectivity index (χ1) is 9.88. The highest BCUT2D eigenvalue weighted by Crippen LogP contribution is 2.37. The van der Waals surface area contributed by atoms with Gasteiger partial charge in [0.25, 0.3) is 0 Å². The minimum atomic E-state index is 0.167. The minimum absolute atomic E-state index is 0.167. The topological polar surface area (TPSA) is 50.9 Å². The van der Waals surface area contributed by atoms with Gasteiger partial charge in [-0.1, -0.05) is 30.3 Å². The number of aryl methyl sites for hydroxylation is 1. The van der Waals surface area contributed by atoms with Gasteiger partial charge in [-0.3, -0.25) is 16.3 Å². The van der Waals surface area contributed by atoms with Gasteiger partial charge in [0.15, 0.2) is 0 Å². The summed E-state index contributed by atoms with van der Waals surface area (Å²) >= 11 is 0. The second kappa shape index (κ2) is 6.16. The molecule has 3 nitrogen and oxygen atoms in total. The van der Waals surface area contributed by atoms with E-state index in [0.717, 1.165) is 12.0 Å². The summed E-state index contributed by atoms with van der Waals surface area (Å²) in [6.07, 6.45) is 8.45. The SMILES string of the molecule is NNC(CC1CCCc2ccccc21)c1cccnc1. The summed E-state index contributed by atoms with van der Waals surface area (Å²) in [5, 5.41) is 0. The minimum Gasteiger partial charge on any atom is -0.271 e. The van der Waals surface area contributed by atoms with Gasteiger partial charge in [-0.25, -0.2) is 0 Å². The number of hydrogen-bond donors (Lipinski definition) is 2. The zero-order chi connectivity index (χ0) is 13.8. The molecule has 0 saturated heterocycles. The van der Waals surface area contributed by atoms with Crippen molar-refractivity contribution in [2.45, 2.75) is 37.6 Å². The van der Waals surface area contributed by atoms with E-state index in [0.29, 0.717) is 5.92 Å². The first kappa shape index (κ1) is 13.3. The maximum Gasteiger partial charge on any atom is 0.0481 e. The highest BCUT2D eigenvalue weighted by Gasteiger charge is 2.23. The van der Waals surface area contributed by atoms with Crippen LogP contribution in [0.15, 0.2) is 48.8 Å². The lowest BCUT2D eigenvalue weighted by Gasteiger charge is -2.28. The Morgan fingerprint density at radius 3 is 2.95 bits per heavy atom. The van der Waals surface area contributed by atoms with Crippen LogP contribution in [-0.2, 0) is 6.42 Å². The van der Waals surface area contributed by atoms with E-state index in [9.17, 15) is 0 Å². The Morgan fingerprint density at radius 2 is 2.15 bits per heavy atom. The maximum atomic E-state index is 5.76. The number of rotatable bonds is 4. The predicted molar refractivity (Wildman–Crippen MR) is 81.0 cm³/mol. The molecule has 2 atom stereocenters. The summed E-state index contributed by atoms with van der Waals surface area (Å²) in [5.41, 5.74) is 7.13. The third kappa shape index (κ3) is 2.74. The molecule has 3 N–H and O–H groups in total. The summed E-state index contributed by atoms with van der Waals surface area (Å²) in [4.78, 5) is 4.20. The average molecular weight is 267 g/mol. The highest BCUT2D eigenvalue weighted by molar-refractivity contribution is 5.33. The molecular weight excluding hydrogens is 246 g/mol. The smallest absolute Gasteiger partial charge is 0.0481 e. The summed E-state index contributed by atoms with van der Waals surface area (Å²) in [5.74, 6) is 6.35. The van der Waals surface area contributed by atoms with Gasteiger partial charge >= 0.3 is 0 Å². The molecule has 1 aliphatic carbocycles. The molecule has 3 rings (SSSR count). The summed E-state index contributed by atoms with van der Waals surface area (Å²) < 4.78 is 0. The van der Waals surface area contributed by atoms with E-state index < -0.39 is 0 Å². The van der Waals surface area contributed by atoms with Crippen molar-refractivity contribution in [2.24, 2.45) is 5.84 Å². The van der Waals surface area contributed by atoms with Crippen LogP contribution in [0.3, 0.4) is 0 Å². The van der Waals surface area contributed by atoms with Crippen LogP contribution in [0.1, 0.15) is 47.9 Å². The number of fused-ring (bicyclic) bond motifs is 1. The molecule has 0 aliphatic heterocycles. The molecule has 20 heavy (non-hydrogen) atoms. The summed E-state index contributed by atoms with van der Waals surface area (Å²) in [6, 6.07) is 13.0. The Bertz CT molecular complexity index is 553. The van der Waals surface area contributed by atoms with Crippen molar-refractivity contribution >= 4 is 0 Å². The Kier molecular flexibility index (Phi) is 4.09. The number of nitrogens with two attached hydrogens (primary N) is 1. The van der Waals surface area contributed by atoms with Crippen LogP contribution < -0.4 is 11.3 Å². The van der Waals surface area contributed by atoms with Crippen molar-refractivity contribution in [1.29, 1.82) is 0 Å². The van der Waals surface area contributed by atoms with E-state index in [2.05, 4.69) is 40.7 Å². The van der Waals surface area contributed by atoms with E-state index in [1.807, 2.05) is 12.3 Å².